The standard InChI is InChI=1S/C38H50N4O8/c1-11-49-35(45)39-27-19-29-25(37(5,6)21(3)41(29)13-15-47-9)17-23(27)31-33(43)32(34(31)44)24-18-26-30(20-28(24)40-36(46)50-12-2)42(14-16-48-10)22(4)38(26,7)8/h17-22,43H,11-16H2,1-10H3,(H,39,45)/b32-24-,40-28+. The van der Waals surface area contributed by atoms with Crippen LogP contribution in [-0.2, 0) is 29.2 Å². The molecule has 2 unspecified atom stereocenters. The number of carbonyl (C=O) groups is 3. The van der Waals surface area contributed by atoms with Gasteiger partial charge >= 0.3 is 12.2 Å². The number of rotatable bonds is 10. The number of methoxy groups -OCH3 is 2. The van der Waals surface area contributed by atoms with Crippen molar-refractivity contribution in [2.75, 3.05) is 64.0 Å². The van der Waals surface area contributed by atoms with E-state index < -0.39 is 18.0 Å². The highest BCUT2D eigenvalue weighted by atomic mass is 16.5. The van der Waals surface area contributed by atoms with E-state index in [0.29, 0.717) is 43.1 Å². The third-order valence-corrected chi connectivity index (χ3v) is 10.8. The first-order valence-electron chi connectivity index (χ1n) is 17.2. The van der Waals surface area contributed by atoms with Crippen LogP contribution >= 0.6 is 0 Å². The van der Waals surface area contributed by atoms with Gasteiger partial charge in [0, 0.05) is 72.7 Å². The molecule has 5 rings (SSSR count). The Bertz CT molecular complexity index is 1750. The van der Waals surface area contributed by atoms with Crippen LogP contribution in [0.2, 0.25) is 0 Å². The molecule has 2 amide bonds. The molecule has 0 radical (unpaired) electrons. The zero-order valence-corrected chi connectivity index (χ0v) is 30.9. The summed E-state index contributed by atoms with van der Waals surface area (Å²) in [5, 5.41) is 14.6. The van der Waals surface area contributed by atoms with Crippen molar-refractivity contribution in [3.8, 4) is 0 Å². The topological polar surface area (TPSA) is 139 Å². The Labute approximate surface area is 294 Å². The van der Waals surface area contributed by atoms with Gasteiger partial charge in [-0.3, -0.25) is 10.1 Å². The Hall–Kier alpha value is -4.42. The minimum Gasteiger partial charge on any atom is -0.506 e. The Kier molecular flexibility index (Phi) is 10.4. The molecule has 50 heavy (non-hydrogen) atoms. The lowest BCUT2D eigenvalue weighted by Gasteiger charge is -2.31. The summed E-state index contributed by atoms with van der Waals surface area (Å²) in [6, 6.07) is 3.86. The summed E-state index contributed by atoms with van der Waals surface area (Å²) in [6.07, 6.45) is 2.17. The molecule has 2 atom stereocenters. The summed E-state index contributed by atoms with van der Waals surface area (Å²) >= 11 is 0. The van der Waals surface area contributed by atoms with Crippen molar-refractivity contribution in [1.82, 2.24) is 4.90 Å². The molecule has 0 spiro atoms. The van der Waals surface area contributed by atoms with E-state index in [1.54, 1.807) is 34.1 Å². The van der Waals surface area contributed by atoms with Crippen LogP contribution in [0.1, 0.15) is 66.5 Å². The van der Waals surface area contributed by atoms with Gasteiger partial charge in [0.25, 0.3) is 0 Å². The van der Waals surface area contributed by atoms with Crippen LogP contribution in [0, 0.1) is 5.41 Å². The molecule has 1 aromatic rings. The first-order chi connectivity index (χ1) is 23.6. The Morgan fingerprint density at radius 3 is 2.12 bits per heavy atom. The van der Waals surface area contributed by atoms with Crippen molar-refractivity contribution in [1.29, 1.82) is 0 Å². The molecule has 270 valence electrons. The number of hydrogen-bond acceptors (Lipinski definition) is 10. The van der Waals surface area contributed by atoms with Crippen LogP contribution in [0.5, 0.6) is 0 Å². The number of nitrogens with zero attached hydrogens (tertiary/aromatic N) is 3. The van der Waals surface area contributed by atoms with Gasteiger partial charge in [-0.15, -0.1) is 0 Å². The normalized spacial score (nSPS) is 24.1. The van der Waals surface area contributed by atoms with Gasteiger partial charge in [-0.2, -0.15) is 4.99 Å². The monoisotopic (exact) mass is 690 g/mol. The fourth-order valence-electron chi connectivity index (χ4n) is 7.36. The molecule has 0 bridgehead atoms. The quantitative estimate of drug-likeness (QED) is 0.268. The number of hydrogen-bond donors (Lipinski definition) is 2. The third kappa shape index (κ3) is 6.12. The number of anilines is 2. The zero-order valence-electron chi connectivity index (χ0n) is 30.9. The van der Waals surface area contributed by atoms with E-state index in [1.807, 2.05) is 18.2 Å². The smallest absolute Gasteiger partial charge is 0.434 e. The summed E-state index contributed by atoms with van der Waals surface area (Å²) in [4.78, 5) is 48.5. The number of aliphatic imine (C=N–C) groups is 1. The summed E-state index contributed by atoms with van der Waals surface area (Å²) in [5.41, 5.74) is 4.37. The average molecular weight is 691 g/mol. The number of likely N-dealkylation sites (tertiary alicyclic amines) is 1. The number of ketones is 1. The number of benzene rings is 1. The van der Waals surface area contributed by atoms with E-state index in [9.17, 15) is 19.5 Å². The first-order valence-corrected chi connectivity index (χ1v) is 17.2. The van der Waals surface area contributed by atoms with Gasteiger partial charge in [0.15, 0.2) is 0 Å². The van der Waals surface area contributed by atoms with E-state index in [1.165, 1.54) is 0 Å². The predicted molar refractivity (Wildman–Crippen MR) is 193 cm³/mol. The second-order valence-electron chi connectivity index (χ2n) is 14.1. The first kappa shape index (κ1) is 36.9. The molecule has 1 saturated heterocycles. The maximum atomic E-state index is 14.4. The molecule has 1 fully saturated rings. The molecule has 2 aliphatic carbocycles. The summed E-state index contributed by atoms with van der Waals surface area (Å²) in [6.45, 7) is 18.7. The SMILES string of the molecule is CCOC(=O)/N=C1\C=C2C(=C\C1=C1\C(=O)C(c3cc4c(cc3NC(=O)OCC)N(CCOC)C(C)C4(C)C)=C1O)C(C)(C)C(C)N2CCOC. The van der Waals surface area contributed by atoms with Gasteiger partial charge in [-0.05, 0) is 63.1 Å². The zero-order chi connectivity index (χ0) is 36.7. The van der Waals surface area contributed by atoms with Crippen molar-refractivity contribution >= 4 is 40.6 Å². The number of Topliss-reactive ketones (excluding diaryl/α,β-unsaturated/α-hetero) is 1. The Balaban J connectivity index is 1.71. The van der Waals surface area contributed by atoms with Crippen molar-refractivity contribution < 1.29 is 38.4 Å². The van der Waals surface area contributed by atoms with E-state index in [4.69, 9.17) is 18.9 Å². The maximum absolute atomic E-state index is 14.4. The lowest BCUT2D eigenvalue weighted by molar-refractivity contribution is -0.111. The minimum absolute atomic E-state index is 0.0431. The van der Waals surface area contributed by atoms with Crippen LogP contribution < -0.4 is 10.2 Å². The minimum atomic E-state index is -0.799. The molecular formula is C38H50N4O8. The van der Waals surface area contributed by atoms with Crippen molar-refractivity contribution in [2.45, 2.75) is 72.9 Å². The molecule has 12 heteroatoms. The molecule has 2 aliphatic heterocycles. The van der Waals surface area contributed by atoms with Crippen molar-refractivity contribution in [3.63, 3.8) is 0 Å². The number of allylic oxidation sites excluding steroid dienone is 6. The van der Waals surface area contributed by atoms with Gasteiger partial charge in [-0.25, -0.2) is 9.59 Å². The van der Waals surface area contributed by atoms with Gasteiger partial charge < -0.3 is 33.9 Å². The van der Waals surface area contributed by atoms with Gasteiger partial charge in [0.05, 0.1) is 49.0 Å². The number of ether oxygens (including phenoxy) is 4. The molecule has 4 aliphatic rings. The second kappa shape index (κ2) is 14.1. The molecule has 12 nitrogen and oxygen atoms in total. The van der Waals surface area contributed by atoms with E-state index >= 15 is 0 Å². The van der Waals surface area contributed by atoms with Gasteiger partial charge in [0.2, 0.25) is 5.78 Å². The van der Waals surface area contributed by atoms with Gasteiger partial charge in [0.1, 0.15) is 5.76 Å². The fraction of sp³-hybridized carbons (Fsp3) is 0.526. The molecule has 0 saturated carbocycles. The van der Waals surface area contributed by atoms with E-state index in [-0.39, 0.29) is 58.7 Å². The maximum Gasteiger partial charge on any atom is 0.434 e. The van der Waals surface area contributed by atoms with E-state index in [0.717, 1.165) is 22.5 Å². The number of fused-ring (bicyclic) bond motifs is 2. The molecule has 2 heterocycles. The Morgan fingerprint density at radius 2 is 1.52 bits per heavy atom. The Morgan fingerprint density at radius 1 is 0.900 bits per heavy atom. The van der Waals surface area contributed by atoms with Crippen molar-refractivity contribution in [3.05, 3.63) is 63.6 Å². The largest absolute Gasteiger partial charge is 0.506 e. The third-order valence-electron chi connectivity index (χ3n) is 10.8. The number of aliphatic hydroxyl groups is 1. The van der Waals surface area contributed by atoms with Gasteiger partial charge in [-0.1, -0.05) is 27.7 Å². The summed E-state index contributed by atoms with van der Waals surface area (Å²) in [5.74, 6) is -0.683. The van der Waals surface area contributed by atoms with Crippen LogP contribution in [0.25, 0.3) is 5.57 Å². The van der Waals surface area contributed by atoms with Crippen LogP contribution in [-0.4, -0.2) is 99.5 Å². The van der Waals surface area contributed by atoms with Crippen LogP contribution in [0.3, 0.4) is 0 Å². The lowest BCUT2D eigenvalue weighted by Crippen LogP contribution is -2.40. The second-order valence-corrected chi connectivity index (χ2v) is 14.1. The molecule has 0 aromatic heterocycles. The fourth-order valence-corrected chi connectivity index (χ4v) is 7.36. The molecule has 1 aromatic carbocycles. The number of amides is 2. The van der Waals surface area contributed by atoms with Crippen molar-refractivity contribution in [2.24, 2.45) is 10.4 Å². The average Bonchev–Trinajstić information content (AvgIpc) is 3.35. The molecule has 2 N–H and O–H groups in total. The highest BCUT2D eigenvalue weighted by Gasteiger charge is 2.48. The predicted octanol–water partition coefficient (Wildman–Crippen LogP) is 6.33. The number of carbonyl (C=O) groups excluding carboxylic acids is 3. The van der Waals surface area contributed by atoms with Crippen LogP contribution in [0.15, 0.2) is 57.5 Å². The molecular weight excluding hydrogens is 640 g/mol. The summed E-state index contributed by atoms with van der Waals surface area (Å²) in [7, 11) is 3.30. The summed E-state index contributed by atoms with van der Waals surface area (Å²) < 4.78 is 21.1. The van der Waals surface area contributed by atoms with Crippen LogP contribution in [0.4, 0.5) is 21.0 Å². The lowest BCUT2D eigenvalue weighted by atomic mass is 9.73. The highest BCUT2D eigenvalue weighted by Crippen LogP contribution is 2.53. The van der Waals surface area contributed by atoms with E-state index in [2.05, 4.69) is 61.7 Å². The number of aliphatic hydroxyl groups excluding tert-OH is 1. The highest BCUT2D eigenvalue weighted by molar-refractivity contribution is 6.42. The number of nitrogens with one attached hydrogen (secondary N) is 1.